The van der Waals surface area contributed by atoms with Gasteiger partial charge in [0.25, 0.3) is 0 Å². The molecule has 3 atom stereocenters. The van der Waals surface area contributed by atoms with E-state index in [2.05, 4.69) is 32.6 Å². The van der Waals surface area contributed by atoms with Gasteiger partial charge in [-0.1, -0.05) is 27.2 Å². The van der Waals surface area contributed by atoms with Gasteiger partial charge in [0.05, 0.1) is 0 Å². The fourth-order valence-electron chi connectivity index (χ4n) is 2.76. The van der Waals surface area contributed by atoms with Crippen LogP contribution in [0.3, 0.4) is 0 Å². The first-order valence-electron chi connectivity index (χ1n) is 6.56. The Labute approximate surface area is 95.2 Å². The molecule has 90 valence electrons. The van der Waals surface area contributed by atoms with E-state index < -0.39 is 0 Å². The molecule has 0 amide bonds. The van der Waals surface area contributed by atoms with Crippen LogP contribution in [-0.2, 0) is 0 Å². The van der Waals surface area contributed by atoms with E-state index in [9.17, 15) is 0 Å². The Balaban J connectivity index is 2.73. The average molecular weight is 212 g/mol. The minimum Gasteiger partial charge on any atom is -0.326 e. The molecule has 0 aromatic rings. The molecule has 2 N–H and O–H groups in total. The normalized spacial score (nSPS) is 26.2. The van der Waals surface area contributed by atoms with E-state index in [1.54, 1.807) is 0 Å². The molecule has 0 aromatic carbocycles. The van der Waals surface area contributed by atoms with E-state index in [-0.39, 0.29) is 5.54 Å². The predicted molar refractivity (Wildman–Crippen MR) is 66.9 cm³/mol. The summed E-state index contributed by atoms with van der Waals surface area (Å²) in [5.41, 5.74) is 6.67. The van der Waals surface area contributed by atoms with E-state index >= 15 is 0 Å². The van der Waals surface area contributed by atoms with E-state index in [1.807, 2.05) is 0 Å². The summed E-state index contributed by atoms with van der Waals surface area (Å²) < 4.78 is 0. The summed E-state index contributed by atoms with van der Waals surface area (Å²) in [5, 5.41) is 0. The number of rotatable bonds is 5. The summed E-state index contributed by atoms with van der Waals surface area (Å²) in [6.45, 7) is 11.7. The number of hydrogen-bond donors (Lipinski definition) is 1. The molecule has 0 aromatic heterocycles. The van der Waals surface area contributed by atoms with E-state index in [1.165, 1.54) is 38.8 Å². The maximum atomic E-state index is 6.45. The maximum Gasteiger partial charge on any atom is 0.0332 e. The van der Waals surface area contributed by atoms with Gasteiger partial charge < -0.3 is 5.73 Å². The van der Waals surface area contributed by atoms with Gasteiger partial charge in [0.15, 0.2) is 0 Å². The van der Waals surface area contributed by atoms with Crippen LogP contribution in [0.5, 0.6) is 0 Å². The molecule has 0 aliphatic carbocycles. The molecule has 15 heavy (non-hydrogen) atoms. The lowest BCUT2D eigenvalue weighted by atomic mass is 9.80. The Bertz CT molecular complexity index is 187. The van der Waals surface area contributed by atoms with Crippen molar-refractivity contribution in [2.24, 2.45) is 11.7 Å². The Kier molecular flexibility index (Phi) is 4.60. The Hall–Kier alpha value is -0.0800. The van der Waals surface area contributed by atoms with Gasteiger partial charge in [-0.25, -0.2) is 0 Å². The fourth-order valence-corrected chi connectivity index (χ4v) is 2.76. The number of hydrogen-bond acceptors (Lipinski definition) is 2. The quantitative estimate of drug-likeness (QED) is 0.759. The molecule has 1 rings (SSSR count). The second kappa shape index (κ2) is 5.31. The second-order valence-corrected chi connectivity index (χ2v) is 5.32. The van der Waals surface area contributed by atoms with Gasteiger partial charge in [-0.2, -0.15) is 0 Å². The lowest BCUT2D eigenvalue weighted by molar-refractivity contribution is 0.0778. The van der Waals surface area contributed by atoms with Crippen molar-refractivity contribution in [1.29, 1.82) is 0 Å². The van der Waals surface area contributed by atoms with Gasteiger partial charge >= 0.3 is 0 Å². The smallest absolute Gasteiger partial charge is 0.0332 e. The summed E-state index contributed by atoms with van der Waals surface area (Å²) >= 11 is 0. The van der Waals surface area contributed by atoms with Crippen molar-refractivity contribution in [2.75, 3.05) is 13.1 Å². The SMILES string of the molecule is CCC(C)C(N)C(C)(CC)N1CCCC1. The zero-order chi connectivity index (χ0) is 11.5. The number of likely N-dealkylation sites (tertiary alicyclic amines) is 1. The predicted octanol–water partition coefficient (Wildman–Crippen LogP) is 2.62. The molecule has 1 saturated heterocycles. The topological polar surface area (TPSA) is 29.3 Å². The van der Waals surface area contributed by atoms with Gasteiger partial charge in [0.2, 0.25) is 0 Å². The molecule has 1 aliphatic rings. The third-order valence-electron chi connectivity index (χ3n) is 4.52. The first-order chi connectivity index (χ1) is 7.06. The summed E-state index contributed by atoms with van der Waals surface area (Å²) in [5.74, 6) is 0.621. The zero-order valence-corrected chi connectivity index (χ0v) is 10.9. The van der Waals surface area contributed by atoms with Crippen LogP contribution in [0.4, 0.5) is 0 Å². The third kappa shape index (κ3) is 2.54. The highest BCUT2D eigenvalue weighted by molar-refractivity contribution is 4.97. The van der Waals surface area contributed by atoms with Crippen molar-refractivity contribution in [2.45, 2.75) is 65.0 Å². The monoisotopic (exact) mass is 212 g/mol. The van der Waals surface area contributed by atoms with Crippen molar-refractivity contribution < 1.29 is 0 Å². The molecule has 1 fully saturated rings. The van der Waals surface area contributed by atoms with Gasteiger partial charge in [-0.05, 0) is 45.2 Å². The molecule has 3 unspecified atom stereocenters. The largest absolute Gasteiger partial charge is 0.326 e. The second-order valence-electron chi connectivity index (χ2n) is 5.32. The van der Waals surface area contributed by atoms with Crippen LogP contribution < -0.4 is 5.73 Å². The standard InChI is InChI=1S/C13H28N2/c1-5-11(3)12(14)13(4,6-2)15-9-7-8-10-15/h11-12H,5-10,14H2,1-4H3. The summed E-state index contributed by atoms with van der Waals surface area (Å²) in [6, 6.07) is 0.311. The first kappa shape index (κ1) is 13.0. The van der Waals surface area contributed by atoms with E-state index in [0.717, 1.165) is 0 Å². The van der Waals surface area contributed by atoms with Crippen molar-refractivity contribution in [3.8, 4) is 0 Å². The van der Waals surface area contributed by atoms with Gasteiger partial charge in [0.1, 0.15) is 0 Å². The first-order valence-corrected chi connectivity index (χ1v) is 6.56. The molecule has 1 aliphatic heterocycles. The molecular weight excluding hydrogens is 184 g/mol. The highest BCUT2D eigenvalue weighted by atomic mass is 15.2. The van der Waals surface area contributed by atoms with Crippen LogP contribution >= 0.6 is 0 Å². The van der Waals surface area contributed by atoms with Crippen LogP contribution in [0.2, 0.25) is 0 Å². The van der Waals surface area contributed by atoms with Crippen LogP contribution in [-0.4, -0.2) is 29.6 Å². The third-order valence-corrected chi connectivity index (χ3v) is 4.52. The maximum absolute atomic E-state index is 6.45. The van der Waals surface area contributed by atoms with Crippen LogP contribution in [0.25, 0.3) is 0 Å². The van der Waals surface area contributed by atoms with Crippen molar-refractivity contribution in [3.05, 3.63) is 0 Å². The molecular formula is C13H28N2. The highest BCUT2D eigenvalue weighted by Crippen LogP contribution is 2.30. The molecule has 0 spiro atoms. The Morgan fingerprint density at radius 1 is 1.27 bits per heavy atom. The minimum absolute atomic E-state index is 0.214. The summed E-state index contributed by atoms with van der Waals surface area (Å²) in [6.07, 6.45) is 5.05. The fraction of sp³-hybridized carbons (Fsp3) is 1.00. The number of nitrogens with zero attached hydrogens (tertiary/aromatic N) is 1. The molecule has 2 heteroatoms. The molecule has 0 saturated carbocycles. The van der Waals surface area contributed by atoms with Crippen LogP contribution in [0.15, 0.2) is 0 Å². The summed E-state index contributed by atoms with van der Waals surface area (Å²) in [4.78, 5) is 2.61. The lowest BCUT2D eigenvalue weighted by Gasteiger charge is -2.45. The Morgan fingerprint density at radius 2 is 1.80 bits per heavy atom. The Morgan fingerprint density at radius 3 is 2.20 bits per heavy atom. The summed E-state index contributed by atoms with van der Waals surface area (Å²) in [7, 11) is 0. The highest BCUT2D eigenvalue weighted by Gasteiger charge is 2.39. The van der Waals surface area contributed by atoms with Crippen molar-refractivity contribution >= 4 is 0 Å². The van der Waals surface area contributed by atoms with Crippen LogP contribution in [0, 0.1) is 5.92 Å². The molecule has 1 heterocycles. The van der Waals surface area contributed by atoms with Gasteiger partial charge in [-0.15, -0.1) is 0 Å². The molecule has 0 bridgehead atoms. The van der Waals surface area contributed by atoms with E-state index in [0.29, 0.717) is 12.0 Å². The van der Waals surface area contributed by atoms with Crippen molar-refractivity contribution in [3.63, 3.8) is 0 Å². The molecule has 0 radical (unpaired) electrons. The molecule has 2 nitrogen and oxygen atoms in total. The van der Waals surface area contributed by atoms with Crippen molar-refractivity contribution in [1.82, 2.24) is 4.90 Å². The average Bonchev–Trinajstić information content (AvgIpc) is 2.79. The zero-order valence-electron chi connectivity index (χ0n) is 10.9. The van der Waals surface area contributed by atoms with E-state index in [4.69, 9.17) is 5.73 Å². The van der Waals surface area contributed by atoms with Gasteiger partial charge in [-0.3, -0.25) is 4.90 Å². The minimum atomic E-state index is 0.214. The number of nitrogens with two attached hydrogens (primary N) is 1. The lowest BCUT2D eigenvalue weighted by Crippen LogP contribution is -2.59. The van der Waals surface area contributed by atoms with Crippen LogP contribution in [0.1, 0.15) is 53.4 Å². The van der Waals surface area contributed by atoms with Gasteiger partial charge in [0, 0.05) is 11.6 Å².